The molecule has 1 aliphatic rings. The van der Waals surface area contributed by atoms with Crippen LogP contribution in [-0.4, -0.2) is 33.8 Å². The van der Waals surface area contributed by atoms with Gasteiger partial charge in [0, 0.05) is 12.6 Å². The molecule has 2 N–H and O–H groups in total. The summed E-state index contributed by atoms with van der Waals surface area (Å²) < 4.78 is 24.0. The van der Waals surface area contributed by atoms with Crippen LogP contribution in [0.1, 0.15) is 19.3 Å². The summed E-state index contributed by atoms with van der Waals surface area (Å²) in [5.41, 5.74) is 0. The first kappa shape index (κ1) is 9.95. The summed E-state index contributed by atoms with van der Waals surface area (Å²) in [6, 6.07) is 0.327. The smallest absolute Gasteiger partial charge is 0.208 e. The molecular weight excluding hydrogens is 176 g/mol. The van der Waals surface area contributed by atoms with Gasteiger partial charge in [-0.2, -0.15) is 0 Å². The monoisotopic (exact) mass is 192 g/mol. The topological polar surface area (TPSA) is 58.2 Å². The van der Waals surface area contributed by atoms with E-state index in [1.807, 2.05) is 0 Å². The molecule has 0 spiro atoms. The molecule has 1 heterocycles. The Balaban J connectivity index is 2.22. The zero-order valence-electron chi connectivity index (χ0n) is 7.34. The molecule has 5 heteroatoms. The molecule has 4 nitrogen and oxygen atoms in total. The normalized spacial score (nSPS) is 25.6. The predicted molar refractivity (Wildman–Crippen MR) is 48.5 cm³/mol. The molecule has 0 aliphatic carbocycles. The van der Waals surface area contributed by atoms with Gasteiger partial charge in [0.2, 0.25) is 10.0 Å². The summed E-state index contributed by atoms with van der Waals surface area (Å²) in [5.74, 6) is 0. The summed E-state index contributed by atoms with van der Waals surface area (Å²) >= 11 is 0. The van der Waals surface area contributed by atoms with Gasteiger partial charge >= 0.3 is 0 Å². The van der Waals surface area contributed by atoms with E-state index in [9.17, 15) is 8.42 Å². The van der Waals surface area contributed by atoms with Crippen LogP contribution in [0.4, 0.5) is 0 Å². The maximum atomic E-state index is 10.7. The lowest BCUT2D eigenvalue weighted by molar-refractivity contribution is 0.398. The van der Waals surface area contributed by atoms with Crippen molar-refractivity contribution in [2.75, 3.05) is 19.3 Å². The van der Waals surface area contributed by atoms with E-state index in [1.165, 1.54) is 19.1 Å². The lowest BCUT2D eigenvalue weighted by Crippen LogP contribution is -2.43. The first-order valence-electron chi connectivity index (χ1n) is 4.26. The molecule has 0 bridgehead atoms. The van der Waals surface area contributed by atoms with E-state index in [2.05, 4.69) is 10.0 Å². The summed E-state index contributed by atoms with van der Waals surface area (Å²) in [6.45, 7) is 1.54. The number of nitrogens with one attached hydrogen (secondary N) is 2. The minimum atomic E-state index is -3.01. The molecule has 0 amide bonds. The van der Waals surface area contributed by atoms with Crippen LogP contribution in [-0.2, 0) is 10.0 Å². The second-order valence-electron chi connectivity index (χ2n) is 3.27. The van der Waals surface area contributed by atoms with E-state index >= 15 is 0 Å². The van der Waals surface area contributed by atoms with Gasteiger partial charge in [-0.15, -0.1) is 0 Å². The molecule has 0 aromatic rings. The highest BCUT2D eigenvalue weighted by atomic mass is 32.2. The molecule has 1 atom stereocenters. The third-order valence-electron chi connectivity index (χ3n) is 2.00. The molecule has 1 saturated heterocycles. The molecule has 0 aromatic heterocycles. The van der Waals surface area contributed by atoms with E-state index in [0.717, 1.165) is 13.0 Å². The first-order chi connectivity index (χ1) is 5.58. The van der Waals surface area contributed by atoms with Crippen LogP contribution in [0.15, 0.2) is 0 Å². The lowest BCUT2D eigenvalue weighted by atomic mass is 10.1. The summed E-state index contributed by atoms with van der Waals surface area (Å²) in [5, 5.41) is 3.26. The van der Waals surface area contributed by atoms with Crippen LogP contribution in [0.2, 0.25) is 0 Å². The second kappa shape index (κ2) is 4.20. The minimum absolute atomic E-state index is 0.327. The van der Waals surface area contributed by atoms with Crippen molar-refractivity contribution in [2.24, 2.45) is 0 Å². The molecule has 1 aliphatic heterocycles. The van der Waals surface area contributed by atoms with Crippen LogP contribution in [0.25, 0.3) is 0 Å². The Kier molecular flexibility index (Phi) is 3.49. The zero-order chi connectivity index (χ0) is 9.03. The summed E-state index contributed by atoms with van der Waals surface area (Å²) in [6.07, 6.45) is 4.66. The highest BCUT2D eigenvalue weighted by Crippen LogP contribution is 2.05. The number of hydrogen-bond acceptors (Lipinski definition) is 3. The van der Waals surface area contributed by atoms with Crippen molar-refractivity contribution in [3.8, 4) is 0 Å². The van der Waals surface area contributed by atoms with Gasteiger partial charge in [-0.1, -0.05) is 6.42 Å². The van der Waals surface area contributed by atoms with E-state index in [4.69, 9.17) is 0 Å². The van der Waals surface area contributed by atoms with E-state index in [1.54, 1.807) is 0 Å². The Morgan fingerprint density at radius 1 is 1.50 bits per heavy atom. The molecule has 12 heavy (non-hydrogen) atoms. The molecule has 72 valence electrons. The fourth-order valence-electron chi connectivity index (χ4n) is 1.35. The third kappa shape index (κ3) is 4.04. The fraction of sp³-hybridized carbons (Fsp3) is 1.00. The van der Waals surface area contributed by atoms with Crippen LogP contribution in [0.3, 0.4) is 0 Å². The van der Waals surface area contributed by atoms with Gasteiger partial charge in [0.25, 0.3) is 0 Å². The highest BCUT2D eigenvalue weighted by molar-refractivity contribution is 7.88. The first-order valence-corrected chi connectivity index (χ1v) is 6.15. The van der Waals surface area contributed by atoms with E-state index in [-0.39, 0.29) is 0 Å². The lowest BCUT2D eigenvalue weighted by Gasteiger charge is -2.23. The molecule has 1 rings (SSSR count). The Hall–Kier alpha value is -0.130. The summed E-state index contributed by atoms with van der Waals surface area (Å²) in [7, 11) is -3.01. The van der Waals surface area contributed by atoms with Gasteiger partial charge in [-0.3, -0.25) is 0 Å². The fourth-order valence-corrected chi connectivity index (χ4v) is 1.85. The standard InChI is InChI=1S/C7H16N2O2S/c1-12(10,11)9-6-7-4-2-3-5-8-7/h7-9H,2-6H2,1H3. The Labute approximate surface area is 73.8 Å². The molecular formula is C7H16N2O2S. The third-order valence-corrected chi connectivity index (χ3v) is 2.70. The maximum absolute atomic E-state index is 10.7. The van der Waals surface area contributed by atoms with Crippen molar-refractivity contribution in [1.29, 1.82) is 0 Å². The van der Waals surface area contributed by atoms with Crippen LogP contribution < -0.4 is 10.0 Å². The molecule has 0 saturated carbocycles. The minimum Gasteiger partial charge on any atom is -0.313 e. The Bertz CT molecular complexity index is 220. The van der Waals surface area contributed by atoms with Crippen molar-refractivity contribution < 1.29 is 8.42 Å². The van der Waals surface area contributed by atoms with Gasteiger partial charge < -0.3 is 5.32 Å². The molecule has 0 radical (unpaired) electrons. The average Bonchev–Trinajstić information content (AvgIpc) is 2.02. The largest absolute Gasteiger partial charge is 0.313 e. The van der Waals surface area contributed by atoms with Crippen LogP contribution >= 0.6 is 0 Å². The van der Waals surface area contributed by atoms with Crippen LogP contribution in [0.5, 0.6) is 0 Å². The van der Waals surface area contributed by atoms with Gasteiger partial charge in [0.15, 0.2) is 0 Å². The number of piperidine rings is 1. The van der Waals surface area contributed by atoms with Gasteiger partial charge in [0.05, 0.1) is 6.26 Å². The van der Waals surface area contributed by atoms with Crippen LogP contribution in [0, 0.1) is 0 Å². The van der Waals surface area contributed by atoms with Crippen molar-refractivity contribution in [3.63, 3.8) is 0 Å². The van der Waals surface area contributed by atoms with Crippen molar-refractivity contribution >= 4 is 10.0 Å². The number of rotatable bonds is 3. The molecule has 1 fully saturated rings. The molecule has 0 aromatic carbocycles. The van der Waals surface area contributed by atoms with Crippen molar-refractivity contribution in [3.05, 3.63) is 0 Å². The van der Waals surface area contributed by atoms with Gasteiger partial charge in [0.1, 0.15) is 0 Å². The zero-order valence-corrected chi connectivity index (χ0v) is 8.15. The predicted octanol–water partition coefficient (Wildman–Crippen LogP) is -0.322. The average molecular weight is 192 g/mol. The number of hydrogen-bond donors (Lipinski definition) is 2. The highest BCUT2D eigenvalue weighted by Gasteiger charge is 2.13. The van der Waals surface area contributed by atoms with Crippen molar-refractivity contribution in [1.82, 2.24) is 10.0 Å². The molecule has 1 unspecified atom stereocenters. The van der Waals surface area contributed by atoms with E-state index < -0.39 is 10.0 Å². The quantitative estimate of drug-likeness (QED) is 0.644. The van der Waals surface area contributed by atoms with Gasteiger partial charge in [-0.05, 0) is 19.4 Å². The van der Waals surface area contributed by atoms with E-state index in [0.29, 0.717) is 12.6 Å². The second-order valence-corrected chi connectivity index (χ2v) is 5.10. The SMILES string of the molecule is CS(=O)(=O)NCC1CCCCN1. The summed E-state index contributed by atoms with van der Waals surface area (Å²) in [4.78, 5) is 0. The number of sulfonamides is 1. The maximum Gasteiger partial charge on any atom is 0.208 e. The van der Waals surface area contributed by atoms with Crippen molar-refractivity contribution in [2.45, 2.75) is 25.3 Å². The van der Waals surface area contributed by atoms with Gasteiger partial charge in [-0.25, -0.2) is 13.1 Å². The Morgan fingerprint density at radius 2 is 2.25 bits per heavy atom. The Morgan fingerprint density at radius 3 is 2.75 bits per heavy atom.